The van der Waals surface area contributed by atoms with Crippen molar-refractivity contribution in [3.63, 3.8) is 0 Å². The van der Waals surface area contributed by atoms with E-state index in [-0.39, 0.29) is 5.75 Å². The number of aliphatic hydroxyl groups excluding tert-OH is 1. The molecule has 0 amide bonds. The highest BCUT2D eigenvalue weighted by molar-refractivity contribution is 5.41. The molecule has 0 fully saturated rings. The summed E-state index contributed by atoms with van der Waals surface area (Å²) in [4.78, 5) is 0. The van der Waals surface area contributed by atoms with Gasteiger partial charge in [-0.3, -0.25) is 0 Å². The third-order valence-electron chi connectivity index (χ3n) is 2.11. The van der Waals surface area contributed by atoms with E-state index in [0.717, 1.165) is 0 Å². The highest BCUT2D eigenvalue weighted by atomic mass is 16.5. The number of methoxy groups -OCH3 is 1. The van der Waals surface area contributed by atoms with Crippen LogP contribution in [-0.2, 0) is 0 Å². The first-order valence-corrected chi connectivity index (χ1v) is 4.36. The molecule has 4 heteroatoms. The Kier molecular flexibility index (Phi) is 3.33. The van der Waals surface area contributed by atoms with Gasteiger partial charge in [0.15, 0.2) is 0 Å². The second kappa shape index (κ2) is 4.30. The maximum Gasteiger partial charge on any atom is 0.120 e. The van der Waals surface area contributed by atoms with Crippen LogP contribution in [-0.4, -0.2) is 23.4 Å². The van der Waals surface area contributed by atoms with Crippen molar-refractivity contribution in [2.75, 3.05) is 7.11 Å². The molecule has 0 spiro atoms. The van der Waals surface area contributed by atoms with Crippen molar-refractivity contribution in [2.24, 2.45) is 5.73 Å². The Morgan fingerprint density at radius 1 is 1.43 bits per heavy atom. The molecule has 0 bridgehead atoms. The smallest absolute Gasteiger partial charge is 0.120 e. The normalized spacial score (nSPS) is 14.9. The predicted molar refractivity (Wildman–Crippen MR) is 53.3 cm³/mol. The second-order valence-corrected chi connectivity index (χ2v) is 3.19. The van der Waals surface area contributed by atoms with Gasteiger partial charge in [0.1, 0.15) is 11.5 Å². The molecule has 1 rings (SSSR count). The fraction of sp³-hybridized carbons (Fsp3) is 0.400. The average molecular weight is 197 g/mol. The van der Waals surface area contributed by atoms with E-state index in [1.54, 1.807) is 19.1 Å². The predicted octanol–water partition coefficient (Wildman–Crippen LogP) is 0.781. The van der Waals surface area contributed by atoms with Gasteiger partial charge in [-0.25, -0.2) is 0 Å². The molecule has 4 nitrogen and oxygen atoms in total. The second-order valence-electron chi connectivity index (χ2n) is 3.19. The molecule has 0 heterocycles. The van der Waals surface area contributed by atoms with Crippen molar-refractivity contribution >= 4 is 0 Å². The molecule has 0 saturated carbocycles. The van der Waals surface area contributed by atoms with Crippen LogP contribution in [0.5, 0.6) is 11.5 Å². The molecule has 78 valence electrons. The lowest BCUT2D eigenvalue weighted by molar-refractivity contribution is 0.162. The average Bonchev–Trinajstić information content (AvgIpc) is 2.17. The molecule has 0 radical (unpaired) electrons. The minimum atomic E-state index is -0.715. The fourth-order valence-electron chi connectivity index (χ4n) is 1.19. The molecular weight excluding hydrogens is 182 g/mol. The first-order chi connectivity index (χ1) is 6.56. The lowest BCUT2D eigenvalue weighted by Gasteiger charge is -2.17. The summed E-state index contributed by atoms with van der Waals surface area (Å²) in [5.74, 6) is 0.674. The van der Waals surface area contributed by atoms with Crippen LogP contribution >= 0.6 is 0 Å². The van der Waals surface area contributed by atoms with Crippen LogP contribution in [0.25, 0.3) is 0 Å². The van der Waals surface area contributed by atoms with Gasteiger partial charge in [0.2, 0.25) is 0 Å². The third-order valence-corrected chi connectivity index (χ3v) is 2.11. The number of rotatable bonds is 3. The Morgan fingerprint density at radius 2 is 2.07 bits per heavy atom. The van der Waals surface area contributed by atoms with Gasteiger partial charge >= 0.3 is 0 Å². The van der Waals surface area contributed by atoms with Gasteiger partial charge < -0.3 is 20.7 Å². The maximum absolute atomic E-state index is 9.50. The van der Waals surface area contributed by atoms with Gasteiger partial charge in [-0.1, -0.05) is 0 Å². The Hall–Kier alpha value is -1.26. The number of aliphatic hydroxyl groups is 1. The van der Waals surface area contributed by atoms with Gasteiger partial charge in [-0.2, -0.15) is 0 Å². The number of phenols is 1. The van der Waals surface area contributed by atoms with Crippen molar-refractivity contribution in [2.45, 2.75) is 19.1 Å². The van der Waals surface area contributed by atoms with Crippen LogP contribution in [0.4, 0.5) is 0 Å². The highest BCUT2D eigenvalue weighted by Gasteiger charge is 2.16. The zero-order chi connectivity index (χ0) is 10.7. The molecule has 1 aromatic rings. The van der Waals surface area contributed by atoms with Crippen LogP contribution in [0.2, 0.25) is 0 Å². The molecule has 2 unspecified atom stereocenters. The van der Waals surface area contributed by atoms with Gasteiger partial charge in [0, 0.05) is 5.56 Å². The van der Waals surface area contributed by atoms with E-state index in [1.165, 1.54) is 13.2 Å². The Morgan fingerprint density at radius 3 is 2.57 bits per heavy atom. The number of ether oxygens (including phenoxy) is 1. The van der Waals surface area contributed by atoms with Gasteiger partial charge in [-0.15, -0.1) is 0 Å². The first-order valence-electron chi connectivity index (χ1n) is 4.36. The van der Waals surface area contributed by atoms with E-state index in [2.05, 4.69) is 0 Å². The van der Waals surface area contributed by atoms with E-state index in [0.29, 0.717) is 11.3 Å². The molecule has 4 N–H and O–H groups in total. The van der Waals surface area contributed by atoms with E-state index in [9.17, 15) is 10.2 Å². The summed E-state index contributed by atoms with van der Waals surface area (Å²) in [6.45, 7) is 1.57. The molecule has 0 aliphatic heterocycles. The summed E-state index contributed by atoms with van der Waals surface area (Å²) in [6, 6.07) is 4.14. The van der Waals surface area contributed by atoms with Gasteiger partial charge in [-0.05, 0) is 25.1 Å². The maximum atomic E-state index is 9.50. The SMILES string of the molecule is COc1ccc(O)c(C(N)C(C)O)c1. The first kappa shape index (κ1) is 10.8. The Bertz CT molecular complexity index is 312. The zero-order valence-corrected chi connectivity index (χ0v) is 8.27. The summed E-state index contributed by atoms with van der Waals surface area (Å²) in [5.41, 5.74) is 6.18. The summed E-state index contributed by atoms with van der Waals surface area (Å²) in [7, 11) is 1.53. The number of phenolic OH excluding ortho intramolecular Hbond substituents is 1. The minimum Gasteiger partial charge on any atom is -0.508 e. The minimum absolute atomic E-state index is 0.0687. The summed E-state index contributed by atoms with van der Waals surface area (Å²) in [5, 5.41) is 18.8. The van der Waals surface area contributed by atoms with Crippen molar-refractivity contribution in [1.29, 1.82) is 0 Å². The topological polar surface area (TPSA) is 75.7 Å². The van der Waals surface area contributed by atoms with E-state index in [1.807, 2.05) is 0 Å². The fourth-order valence-corrected chi connectivity index (χ4v) is 1.19. The molecule has 0 aliphatic carbocycles. The van der Waals surface area contributed by atoms with Crippen molar-refractivity contribution in [1.82, 2.24) is 0 Å². The Balaban J connectivity index is 3.05. The number of hydrogen-bond donors (Lipinski definition) is 3. The third kappa shape index (κ3) is 2.16. The van der Waals surface area contributed by atoms with Crippen molar-refractivity contribution < 1.29 is 14.9 Å². The quantitative estimate of drug-likeness (QED) is 0.669. The molecule has 0 aromatic heterocycles. The zero-order valence-electron chi connectivity index (χ0n) is 8.27. The largest absolute Gasteiger partial charge is 0.508 e. The van der Waals surface area contributed by atoms with Crippen LogP contribution in [0.3, 0.4) is 0 Å². The lowest BCUT2D eigenvalue weighted by atomic mass is 10.0. The van der Waals surface area contributed by atoms with Crippen LogP contribution in [0, 0.1) is 0 Å². The van der Waals surface area contributed by atoms with Crippen molar-refractivity contribution in [3.05, 3.63) is 23.8 Å². The molecule has 14 heavy (non-hydrogen) atoms. The Labute approximate surface area is 82.9 Å². The molecule has 2 atom stereocenters. The van der Waals surface area contributed by atoms with E-state index >= 15 is 0 Å². The molecule has 1 aromatic carbocycles. The van der Waals surface area contributed by atoms with Gasteiger partial charge in [0.05, 0.1) is 19.3 Å². The van der Waals surface area contributed by atoms with E-state index in [4.69, 9.17) is 10.5 Å². The highest BCUT2D eigenvalue weighted by Crippen LogP contribution is 2.28. The van der Waals surface area contributed by atoms with E-state index < -0.39 is 12.1 Å². The summed E-state index contributed by atoms with van der Waals surface area (Å²) in [6.07, 6.45) is -0.715. The van der Waals surface area contributed by atoms with Crippen molar-refractivity contribution in [3.8, 4) is 11.5 Å². The van der Waals surface area contributed by atoms with Crippen LogP contribution in [0.1, 0.15) is 18.5 Å². The number of aromatic hydroxyl groups is 1. The molecular formula is C10H15NO3. The molecule has 0 aliphatic rings. The monoisotopic (exact) mass is 197 g/mol. The number of nitrogens with two attached hydrogens (primary N) is 1. The number of hydrogen-bond acceptors (Lipinski definition) is 4. The molecule has 0 saturated heterocycles. The summed E-state index contributed by atoms with van der Waals surface area (Å²) >= 11 is 0. The van der Waals surface area contributed by atoms with Crippen LogP contribution in [0.15, 0.2) is 18.2 Å². The lowest BCUT2D eigenvalue weighted by Crippen LogP contribution is -2.23. The van der Waals surface area contributed by atoms with Gasteiger partial charge in [0.25, 0.3) is 0 Å². The standard InChI is InChI=1S/C10H15NO3/c1-6(12)10(11)8-5-7(14-2)3-4-9(8)13/h3-6,10,12-13H,11H2,1-2H3. The number of benzene rings is 1. The summed E-state index contributed by atoms with van der Waals surface area (Å²) < 4.78 is 4.99. The van der Waals surface area contributed by atoms with Crippen LogP contribution < -0.4 is 10.5 Å².